The highest BCUT2D eigenvalue weighted by Gasteiger charge is 2.22. The molecule has 17 heavy (non-hydrogen) atoms. The minimum absolute atomic E-state index is 0.466. The molecule has 0 amide bonds. The molecular weight excluding hydrogens is 212 g/mol. The Morgan fingerprint density at radius 1 is 1.29 bits per heavy atom. The maximum Gasteiger partial charge on any atom is 0.284 e. The fraction of sp³-hybridized carbons (Fsp3) is 0.500. The van der Waals surface area contributed by atoms with Gasteiger partial charge >= 0.3 is 0 Å². The van der Waals surface area contributed by atoms with E-state index in [1.807, 2.05) is 18.2 Å². The number of H-pyrrole nitrogens is 1. The largest absolute Gasteiger partial charge is 0.381 e. The highest BCUT2D eigenvalue weighted by molar-refractivity contribution is 5.71. The number of para-hydroxylation sites is 2. The third kappa shape index (κ3) is 2.34. The summed E-state index contributed by atoms with van der Waals surface area (Å²) in [7, 11) is 0. The molecule has 3 heteroatoms. The number of hydrogen-bond donors (Lipinski definition) is 2. The Labute approximate surface area is 102 Å². The minimum atomic E-state index is -0.466. The minimum Gasteiger partial charge on any atom is -0.381 e. The number of aromatic nitrogens is 2. The Balaban J connectivity index is 2.52. The van der Waals surface area contributed by atoms with Crippen LogP contribution in [0.3, 0.4) is 0 Å². The lowest BCUT2D eigenvalue weighted by molar-refractivity contribution is -0.688. The molecule has 0 aliphatic rings. The highest BCUT2D eigenvalue weighted by atomic mass is 16.3. The summed E-state index contributed by atoms with van der Waals surface area (Å²) in [5, 5.41) is 9.84. The van der Waals surface area contributed by atoms with Crippen LogP contribution in [0.5, 0.6) is 0 Å². The van der Waals surface area contributed by atoms with Crippen LogP contribution in [0.4, 0.5) is 0 Å². The number of rotatable bonds is 4. The van der Waals surface area contributed by atoms with Crippen molar-refractivity contribution < 1.29 is 9.67 Å². The standard InChI is InChI=1S/C14H20N2O/c1-4-10(2)9-16-13-8-6-5-7-12(13)15-14(16)11(3)17/h5-8,10-11,17H,4,9H2,1-3H3/p+1. The zero-order valence-electron chi connectivity index (χ0n) is 10.8. The number of imidazole rings is 1. The summed E-state index contributed by atoms with van der Waals surface area (Å²) < 4.78 is 2.20. The van der Waals surface area contributed by atoms with Crippen molar-refractivity contribution >= 4 is 11.0 Å². The molecular formula is C14H21N2O+. The predicted molar refractivity (Wildman–Crippen MR) is 68.6 cm³/mol. The van der Waals surface area contributed by atoms with Crippen LogP contribution in [-0.2, 0) is 6.54 Å². The number of aliphatic hydroxyl groups is 1. The summed E-state index contributed by atoms with van der Waals surface area (Å²) in [5.41, 5.74) is 2.26. The molecule has 0 saturated heterocycles. The summed E-state index contributed by atoms with van der Waals surface area (Å²) in [6, 6.07) is 8.20. The van der Waals surface area contributed by atoms with Crippen molar-refractivity contribution in [2.75, 3.05) is 0 Å². The van der Waals surface area contributed by atoms with E-state index in [0.717, 1.165) is 24.3 Å². The van der Waals surface area contributed by atoms with E-state index in [1.54, 1.807) is 6.92 Å². The molecule has 0 aliphatic heterocycles. The number of nitrogens with zero attached hydrogens (tertiary/aromatic N) is 1. The third-order valence-electron chi connectivity index (χ3n) is 3.34. The smallest absolute Gasteiger partial charge is 0.284 e. The van der Waals surface area contributed by atoms with Crippen molar-refractivity contribution in [3.8, 4) is 0 Å². The van der Waals surface area contributed by atoms with Crippen LogP contribution in [-0.4, -0.2) is 10.1 Å². The van der Waals surface area contributed by atoms with Crippen LogP contribution < -0.4 is 4.57 Å². The van der Waals surface area contributed by atoms with E-state index < -0.39 is 6.10 Å². The van der Waals surface area contributed by atoms with E-state index in [4.69, 9.17) is 0 Å². The van der Waals surface area contributed by atoms with E-state index in [9.17, 15) is 5.11 Å². The van der Waals surface area contributed by atoms with Gasteiger partial charge in [-0.2, -0.15) is 0 Å². The fourth-order valence-corrected chi connectivity index (χ4v) is 2.12. The molecule has 92 valence electrons. The maximum absolute atomic E-state index is 9.84. The number of aromatic amines is 1. The third-order valence-corrected chi connectivity index (χ3v) is 3.34. The normalized spacial score (nSPS) is 15.1. The van der Waals surface area contributed by atoms with Crippen LogP contribution >= 0.6 is 0 Å². The Hall–Kier alpha value is -1.35. The number of aliphatic hydroxyl groups excluding tert-OH is 1. The molecule has 0 aliphatic carbocycles. The first kappa shape index (κ1) is 12.1. The SMILES string of the molecule is CCC(C)C[n+]1c(C(C)O)[nH]c2ccccc21. The zero-order valence-corrected chi connectivity index (χ0v) is 10.8. The summed E-state index contributed by atoms with van der Waals surface area (Å²) in [6.45, 7) is 7.18. The van der Waals surface area contributed by atoms with Gasteiger partial charge in [0, 0.05) is 0 Å². The fourth-order valence-electron chi connectivity index (χ4n) is 2.12. The van der Waals surface area contributed by atoms with Gasteiger partial charge in [-0.05, 0) is 31.4 Å². The summed E-state index contributed by atoms with van der Waals surface area (Å²) in [5.74, 6) is 1.50. The zero-order chi connectivity index (χ0) is 12.4. The molecule has 2 N–H and O–H groups in total. The Morgan fingerprint density at radius 2 is 2.00 bits per heavy atom. The van der Waals surface area contributed by atoms with Gasteiger partial charge in [0.2, 0.25) is 0 Å². The van der Waals surface area contributed by atoms with Crippen molar-refractivity contribution in [3.05, 3.63) is 30.1 Å². The van der Waals surface area contributed by atoms with Crippen LogP contribution in [0.1, 0.15) is 39.1 Å². The van der Waals surface area contributed by atoms with Crippen LogP contribution in [0, 0.1) is 5.92 Å². The monoisotopic (exact) mass is 233 g/mol. The first-order valence-corrected chi connectivity index (χ1v) is 6.32. The van der Waals surface area contributed by atoms with Gasteiger partial charge in [-0.15, -0.1) is 0 Å². The van der Waals surface area contributed by atoms with Crippen molar-refractivity contribution in [1.29, 1.82) is 0 Å². The van der Waals surface area contributed by atoms with E-state index in [2.05, 4.69) is 29.5 Å². The second-order valence-corrected chi connectivity index (χ2v) is 4.83. The molecule has 0 radical (unpaired) electrons. The number of benzene rings is 1. The molecule has 0 fully saturated rings. The van der Waals surface area contributed by atoms with Crippen LogP contribution in [0.2, 0.25) is 0 Å². The number of nitrogens with one attached hydrogen (secondary N) is 1. The molecule has 2 aromatic rings. The summed E-state index contributed by atoms with van der Waals surface area (Å²) in [4.78, 5) is 3.31. The molecule has 2 unspecified atom stereocenters. The van der Waals surface area contributed by atoms with E-state index >= 15 is 0 Å². The Morgan fingerprint density at radius 3 is 2.65 bits per heavy atom. The van der Waals surface area contributed by atoms with Crippen LogP contribution in [0.15, 0.2) is 24.3 Å². The molecule has 1 heterocycles. The van der Waals surface area contributed by atoms with Gasteiger partial charge in [0.15, 0.2) is 17.1 Å². The number of hydrogen-bond acceptors (Lipinski definition) is 1. The maximum atomic E-state index is 9.84. The molecule has 1 aromatic carbocycles. The topological polar surface area (TPSA) is 39.9 Å². The van der Waals surface area contributed by atoms with Crippen molar-refractivity contribution in [3.63, 3.8) is 0 Å². The van der Waals surface area contributed by atoms with Gasteiger partial charge in [-0.25, -0.2) is 9.55 Å². The Bertz CT molecular complexity index is 502. The quantitative estimate of drug-likeness (QED) is 0.783. The van der Waals surface area contributed by atoms with Gasteiger partial charge in [0.05, 0.1) is 6.54 Å². The van der Waals surface area contributed by atoms with E-state index in [0.29, 0.717) is 5.92 Å². The van der Waals surface area contributed by atoms with Gasteiger partial charge in [-0.3, -0.25) is 0 Å². The average Bonchev–Trinajstić information content (AvgIpc) is 2.68. The molecule has 1 aromatic heterocycles. The lowest BCUT2D eigenvalue weighted by Crippen LogP contribution is -2.40. The average molecular weight is 233 g/mol. The molecule has 3 nitrogen and oxygen atoms in total. The Kier molecular flexibility index (Phi) is 3.48. The molecule has 0 saturated carbocycles. The predicted octanol–water partition coefficient (Wildman–Crippen LogP) is 2.55. The lowest BCUT2D eigenvalue weighted by Gasteiger charge is -2.08. The lowest BCUT2D eigenvalue weighted by atomic mass is 10.1. The van der Waals surface area contributed by atoms with Gasteiger partial charge in [-0.1, -0.05) is 26.0 Å². The first-order valence-electron chi connectivity index (χ1n) is 6.32. The van der Waals surface area contributed by atoms with E-state index in [1.165, 1.54) is 5.52 Å². The van der Waals surface area contributed by atoms with Crippen molar-refractivity contribution in [2.45, 2.75) is 39.8 Å². The van der Waals surface area contributed by atoms with Gasteiger partial charge < -0.3 is 5.11 Å². The van der Waals surface area contributed by atoms with Crippen molar-refractivity contribution in [1.82, 2.24) is 4.98 Å². The highest BCUT2D eigenvalue weighted by Crippen LogP contribution is 2.15. The molecule has 2 atom stereocenters. The van der Waals surface area contributed by atoms with Gasteiger partial charge in [0.25, 0.3) is 5.82 Å². The second kappa shape index (κ2) is 4.88. The van der Waals surface area contributed by atoms with Gasteiger partial charge in [0.1, 0.15) is 0 Å². The van der Waals surface area contributed by atoms with E-state index in [-0.39, 0.29) is 0 Å². The first-order chi connectivity index (χ1) is 8.13. The molecule has 0 spiro atoms. The van der Waals surface area contributed by atoms with Crippen LogP contribution in [0.25, 0.3) is 11.0 Å². The number of fused-ring (bicyclic) bond motifs is 1. The van der Waals surface area contributed by atoms with Crippen molar-refractivity contribution in [2.24, 2.45) is 5.92 Å². The molecule has 0 bridgehead atoms. The summed E-state index contributed by atoms with van der Waals surface area (Å²) >= 11 is 0. The second-order valence-electron chi connectivity index (χ2n) is 4.83. The summed E-state index contributed by atoms with van der Waals surface area (Å²) in [6.07, 6.45) is 0.678. The molecule has 2 rings (SSSR count).